The van der Waals surface area contributed by atoms with Crippen molar-refractivity contribution in [2.75, 3.05) is 13.1 Å². The van der Waals surface area contributed by atoms with E-state index in [1.165, 1.54) is 13.8 Å². The van der Waals surface area contributed by atoms with E-state index >= 15 is 0 Å². The first kappa shape index (κ1) is 40.8. The fourth-order valence-corrected chi connectivity index (χ4v) is 3.80. The molecule has 0 spiro atoms. The molecule has 0 unspecified atom stereocenters. The summed E-state index contributed by atoms with van der Waals surface area (Å²) >= 11 is 0. The molecule has 4 rings (SSSR count). The van der Waals surface area contributed by atoms with Crippen LogP contribution < -0.4 is 21.7 Å². The minimum absolute atomic E-state index is 0.0133. The summed E-state index contributed by atoms with van der Waals surface area (Å²) in [6.07, 6.45) is -1.43. The largest absolute Gasteiger partial charge is 0.480 e. The highest BCUT2D eigenvalue weighted by molar-refractivity contribution is 6.00. The number of ether oxygens (including phenoxy) is 2. The Balaban J connectivity index is 0.000000295. The topological polar surface area (TPSA) is 203 Å². The molecule has 6 N–H and O–H groups in total. The second kappa shape index (κ2) is 23.1. The van der Waals surface area contributed by atoms with Gasteiger partial charge in [0.15, 0.2) is 11.6 Å². The van der Waals surface area contributed by atoms with Gasteiger partial charge in [-0.1, -0.05) is 121 Å². The summed E-state index contributed by atoms with van der Waals surface area (Å²) in [5.74, 6) is -1.77. The highest BCUT2D eigenvalue weighted by Gasteiger charge is 2.18. The van der Waals surface area contributed by atoms with Crippen LogP contribution in [0, 0.1) is 0 Å². The zero-order valence-corrected chi connectivity index (χ0v) is 28.3. The zero-order valence-electron chi connectivity index (χ0n) is 28.3. The smallest absolute Gasteiger partial charge is 0.408 e. The summed E-state index contributed by atoms with van der Waals surface area (Å²) < 4.78 is 9.88. The van der Waals surface area contributed by atoms with Crippen LogP contribution in [-0.4, -0.2) is 65.9 Å². The third-order valence-corrected chi connectivity index (χ3v) is 6.66. The van der Waals surface area contributed by atoms with E-state index in [-0.39, 0.29) is 37.9 Å². The first-order chi connectivity index (χ1) is 24.5. The molecule has 4 aromatic carbocycles. The third kappa shape index (κ3) is 17.1. The Hall–Kier alpha value is -6.34. The number of amides is 3. The van der Waals surface area contributed by atoms with Crippen molar-refractivity contribution < 1.29 is 43.3 Å². The van der Waals surface area contributed by atoms with E-state index in [1.54, 1.807) is 36.4 Å². The number of nitrogens with two attached hydrogens (primary N) is 1. The summed E-state index contributed by atoms with van der Waals surface area (Å²) in [6.45, 7) is 3.09. The van der Waals surface area contributed by atoms with Crippen LogP contribution >= 0.6 is 0 Å². The van der Waals surface area contributed by atoms with Crippen LogP contribution in [0.2, 0.25) is 0 Å². The number of carboxylic acid groups (broad SMARTS) is 1. The lowest BCUT2D eigenvalue weighted by atomic mass is 10.1. The normalized spacial score (nSPS) is 11.0. The van der Waals surface area contributed by atoms with Crippen molar-refractivity contribution in [2.45, 2.75) is 39.1 Å². The van der Waals surface area contributed by atoms with E-state index in [9.17, 15) is 28.8 Å². The van der Waals surface area contributed by atoms with E-state index < -0.39 is 36.1 Å². The van der Waals surface area contributed by atoms with Gasteiger partial charge in [-0.15, -0.1) is 0 Å². The van der Waals surface area contributed by atoms with Crippen LogP contribution in [0.3, 0.4) is 0 Å². The van der Waals surface area contributed by atoms with Gasteiger partial charge in [0.05, 0.1) is 13.1 Å². The van der Waals surface area contributed by atoms with E-state index in [2.05, 4.69) is 16.0 Å². The second-order valence-corrected chi connectivity index (χ2v) is 10.7. The Morgan fingerprint density at radius 1 is 0.588 bits per heavy atom. The minimum atomic E-state index is -1.10. The SMILES string of the molecule is C[C@H](NC(=O)OCc1ccccc1)C(=O)NCC(=O)c1ccccc1.C[C@H](NC(=O)OCc1ccccc1)C(=O)O.NCC(=O)c1ccccc1. The van der Waals surface area contributed by atoms with Gasteiger partial charge in [-0.25, -0.2) is 9.59 Å². The van der Waals surface area contributed by atoms with Crippen LogP contribution in [-0.2, 0) is 32.3 Å². The fraction of sp³-hybridized carbons (Fsp3) is 0.211. The van der Waals surface area contributed by atoms with Gasteiger partial charge < -0.3 is 36.3 Å². The Morgan fingerprint density at radius 2 is 0.961 bits per heavy atom. The molecule has 13 nitrogen and oxygen atoms in total. The van der Waals surface area contributed by atoms with Crippen LogP contribution in [0.25, 0.3) is 0 Å². The zero-order chi connectivity index (χ0) is 37.4. The number of nitrogens with one attached hydrogen (secondary N) is 3. The number of hydrogen-bond acceptors (Lipinski definition) is 9. The van der Waals surface area contributed by atoms with Crippen molar-refractivity contribution in [1.82, 2.24) is 16.0 Å². The van der Waals surface area contributed by atoms with Gasteiger partial charge >= 0.3 is 18.2 Å². The standard InChI is InChI=1S/C19H20N2O4.C11H13NO4.C8H9NO/c1-14(21-19(24)25-13-15-8-4-2-5-9-15)18(23)20-12-17(22)16-10-6-3-7-11-16;1-8(10(13)14)12-11(15)16-7-9-5-3-2-4-6-9;9-6-8(10)7-4-2-1-3-5-7/h2-11,14H,12-13H2,1H3,(H,20,23)(H,21,24);2-6,8H,7H2,1H3,(H,12,15)(H,13,14);1-5H,6,9H2/t14-;8-;/m00./s1. The molecule has 2 atom stereocenters. The summed E-state index contributed by atoms with van der Waals surface area (Å²) in [5, 5.41) is 15.7. The van der Waals surface area contributed by atoms with Crippen molar-refractivity contribution in [3.8, 4) is 0 Å². The first-order valence-electron chi connectivity index (χ1n) is 15.8. The van der Waals surface area contributed by atoms with Gasteiger partial charge in [-0.05, 0) is 25.0 Å². The third-order valence-electron chi connectivity index (χ3n) is 6.66. The number of rotatable bonds is 13. The van der Waals surface area contributed by atoms with Gasteiger partial charge in [0.2, 0.25) is 5.91 Å². The van der Waals surface area contributed by atoms with Gasteiger partial charge in [0.1, 0.15) is 25.3 Å². The van der Waals surface area contributed by atoms with E-state index in [0.29, 0.717) is 11.1 Å². The lowest BCUT2D eigenvalue weighted by Gasteiger charge is -2.14. The summed E-state index contributed by atoms with van der Waals surface area (Å²) in [6, 6.07) is 34.3. The van der Waals surface area contributed by atoms with Crippen molar-refractivity contribution in [2.24, 2.45) is 5.73 Å². The molecule has 0 fully saturated rings. The highest BCUT2D eigenvalue weighted by Crippen LogP contribution is 2.03. The maximum absolute atomic E-state index is 12.0. The number of carbonyl (C=O) groups excluding carboxylic acids is 5. The molecule has 3 amide bonds. The predicted molar refractivity (Wildman–Crippen MR) is 190 cm³/mol. The fourth-order valence-electron chi connectivity index (χ4n) is 3.80. The Bertz CT molecular complexity index is 1670. The lowest BCUT2D eigenvalue weighted by Crippen LogP contribution is -2.46. The van der Waals surface area contributed by atoms with Crippen LogP contribution in [0.5, 0.6) is 0 Å². The van der Waals surface area contributed by atoms with Crippen LogP contribution in [0.4, 0.5) is 9.59 Å². The molecule has 0 bridgehead atoms. The van der Waals surface area contributed by atoms with E-state index in [1.807, 2.05) is 84.9 Å². The summed E-state index contributed by atoms with van der Waals surface area (Å²) in [4.78, 5) is 68.1. The molecule has 0 aliphatic rings. The number of hydrogen-bond donors (Lipinski definition) is 5. The molecule has 51 heavy (non-hydrogen) atoms. The Kier molecular flexibility index (Phi) is 18.5. The lowest BCUT2D eigenvalue weighted by molar-refractivity contribution is -0.138. The van der Waals surface area contributed by atoms with Crippen LogP contribution in [0.15, 0.2) is 121 Å². The molecule has 0 aliphatic heterocycles. The molecular formula is C38H42N4O9. The number of carbonyl (C=O) groups is 6. The number of Topliss-reactive ketones (excluding diaryl/α,β-unsaturated/α-hetero) is 2. The quantitative estimate of drug-likeness (QED) is 0.124. The molecule has 0 saturated carbocycles. The summed E-state index contributed by atoms with van der Waals surface area (Å²) in [5.41, 5.74) is 8.06. The molecule has 13 heteroatoms. The molecule has 0 heterocycles. The summed E-state index contributed by atoms with van der Waals surface area (Å²) in [7, 11) is 0. The number of alkyl carbamates (subject to hydrolysis) is 2. The predicted octanol–water partition coefficient (Wildman–Crippen LogP) is 4.51. The number of ketones is 2. The second-order valence-electron chi connectivity index (χ2n) is 10.7. The molecule has 268 valence electrons. The molecular weight excluding hydrogens is 656 g/mol. The van der Waals surface area contributed by atoms with E-state index in [0.717, 1.165) is 11.1 Å². The van der Waals surface area contributed by atoms with Crippen LogP contribution in [0.1, 0.15) is 45.7 Å². The van der Waals surface area contributed by atoms with Crippen molar-refractivity contribution in [3.63, 3.8) is 0 Å². The van der Waals surface area contributed by atoms with Crippen molar-refractivity contribution in [1.29, 1.82) is 0 Å². The molecule has 0 radical (unpaired) electrons. The molecule has 0 aliphatic carbocycles. The first-order valence-corrected chi connectivity index (χ1v) is 15.8. The maximum atomic E-state index is 12.0. The van der Waals surface area contributed by atoms with Gasteiger partial charge in [0.25, 0.3) is 0 Å². The van der Waals surface area contributed by atoms with Gasteiger partial charge in [0, 0.05) is 11.1 Å². The molecule has 4 aromatic rings. The molecule has 0 aromatic heterocycles. The molecule has 0 saturated heterocycles. The van der Waals surface area contributed by atoms with Crippen molar-refractivity contribution >= 4 is 35.6 Å². The van der Waals surface area contributed by atoms with Crippen molar-refractivity contribution in [3.05, 3.63) is 144 Å². The van der Waals surface area contributed by atoms with Gasteiger partial charge in [-0.3, -0.25) is 19.2 Å². The Morgan fingerprint density at radius 3 is 1.35 bits per heavy atom. The minimum Gasteiger partial charge on any atom is -0.480 e. The average molecular weight is 699 g/mol. The average Bonchev–Trinajstić information content (AvgIpc) is 3.16. The number of aliphatic carboxylic acids is 1. The Labute approximate surface area is 296 Å². The number of carboxylic acids is 1. The monoisotopic (exact) mass is 698 g/mol. The highest BCUT2D eigenvalue weighted by atomic mass is 16.6. The number of benzene rings is 4. The van der Waals surface area contributed by atoms with E-state index in [4.69, 9.17) is 20.3 Å². The maximum Gasteiger partial charge on any atom is 0.408 e. The van der Waals surface area contributed by atoms with Gasteiger partial charge in [-0.2, -0.15) is 0 Å².